The van der Waals surface area contributed by atoms with Crippen LogP contribution in [0, 0.1) is 0 Å². The van der Waals surface area contributed by atoms with Crippen molar-refractivity contribution >= 4 is 29.1 Å². The van der Waals surface area contributed by atoms with Crippen LogP contribution in [0.5, 0.6) is 0 Å². The first-order valence-corrected chi connectivity index (χ1v) is 9.79. The van der Waals surface area contributed by atoms with Crippen molar-refractivity contribution in [3.8, 4) is 0 Å². The first kappa shape index (κ1) is 21.0. The fourth-order valence-electron chi connectivity index (χ4n) is 3.79. The van der Waals surface area contributed by atoms with Crippen LogP contribution in [0.1, 0.15) is 29.8 Å². The number of aliphatic hydroxyl groups excluding tert-OH is 1. The molecule has 8 nitrogen and oxygen atoms in total. The van der Waals surface area contributed by atoms with E-state index in [-0.39, 0.29) is 17.6 Å². The Labute approximate surface area is 175 Å². The van der Waals surface area contributed by atoms with Crippen molar-refractivity contribution in [2.75, 3.05) is 28.2 Å². The highest BCUT2D eigenvalue weighted by Crippen LogP contribution is 2.39. The van der Waals surface area contributed by atoms with E-state index in [0.717, 1.165) is 6.54 Å². The van der Waals surface area contributed by atoms with Crippen molar-refractivity contribution < 1.29 is 27.9 Å². The minimum Gasteiger partial charge on any atom is -0.384 e. The topological polar surface area (TPSA) is 98.7 Å². The molecule has 0 unspecified atom stereocenters. The lowest BCUT2D eigenvalue weighted by molar-refractivity contribution is -0.204. The number of amides is 2. The zero-order valence-corrected chi connectivity index (χ0v) is 16.3. The average molecular weight is 435 g/mol. The monoisotopic (exact) mass is 435 g/mol. The maximum atomic E-state index is 13.0. The second-order valence-electron chi connectivity index (χ2n) is 7.46. The fraction of sp³-hybridized carbons (Fsp3) is 0.400. The van der Waals surface area contributed by atoms with E-state index in [0.29, 0.717) is 24.5 Å². The summed E-state index contributed by atoms with van der Waals surface area (Å²) in [5.41, 5.74) is 0.628. The van der Waals surface area contributed by atoms with Gasteiger partial charge in [0.2, 0.25) is 0 Å². The van der Waals surface area contributed by atoms with Crippen molar-refractivity contribution in [2.45, 2.75) is 37.6 Å². The highest BCUT2D eigenvalue weighted by Gasteiger charge is 2.41. The van der Waals surface area contributed by atoms with Crippen molar-refractivity contribution in [3.63, 3.8) is 0 Å². The number of halogens is 3. The van der Waals surface area contributed by atoms with Crippen LogP contribution in [0.25, 0.3) is 0 Å². The Morgan fingerprint density at radius 2 is 2.06 bits per heavy atom. The Balaban J connectivity index is 1.57. The smallest absolute Gasteiger partial charge is 0.384 e. The summed E-state index contributed by atoms with van der Waals surface area (Å²) in [6.45, 7) is 1.34. The summed E-state index contributed by atoms with van der Waals surface area (Å²) in [5.74, 6) is 0.0105. The molecule has 11 heteroatoms. The van der Waals surface area contributed by atoms with Gasteiger partial charge in [-0.25, -0.2) is 14.8 Å². The molecule has 2 atom stereocenters. The lowest BCUT2D eigenvalue weighted by Crippen LogP contribution is -2.48. The van der Waals surface area contributed by atoms with Gasteiger partial charge < -0.3 is 10.0 Å². The summed E-state index contributed by atoms with van der Waals surface area (Å²) in [6.07, 6.45) is -6.36. The highest BCUT2D eigenvalue weighted by molar-refractivity contribution is 6.05. The molecule has 2 N–H and O–H groups in total. The molecule has 2 aliphatic heterocycles. The molecule has 1 fully saturated rings. The lowest BCUT2D eigenvalue weighted by atomic mass is 10.1. The number of carbonyl (C=O) groups is 2. The molecule has 4 heterocycles. The van der Waals surface area contributed by atoms with E-state index in [1.165, 1.54) is 11.0 Å². The molecule has 2 aliphatic rings. The van der Waals surface area contributed by atoms with Gasteiger partial charge in [0.15, 0.2) is 11.6 Å². The summed E-state index contributed by atoms with van der Waals surface area (Å²) < 4.78 is 37.5. The number of fused-ring (bicyclic) bond motifs is 4. The van der Waals surface area contributed by atoms with Gasteiger partial charge in [-0.3, -0.25) is 15.0 Å². The summed E-state index contributed by atoms with van der Waals surface area (Å²) in [5, 5.41) is 11.9. The number of hydrogen-bond donors (Lipinski definition) is 2. The summed E-state index contributed by atoms with van der Waals surface area (Å²) in [4.78, 5) is 37.4. The lowest BCUT2D eigenvalue weighted by Gasteiger charge is -2.35. The number of pyridine rings is 2. The second-order valence-corrected chi connectivity index (χ2v) is 7.46. The molecule has 0 aliphatic carbocycles. The summed E-state index contributed by atoms with van der Waals surface area (Å²) in [7, 11) is 0. The Hall–Kier alpha value is -3.21. The van der Waals surface area contributed by atoms with E-state index in [1.807, 2.05) is 0 Å². The Kier molecular flexibility index (Phi) is 5.52. The Morgan fingerprint density at radius 3 is 2.77 bits per heavy atom. The second kappa shape index (κ2) is 8.14. The molecule has 1 saturated heterocycles. The number of Topliss-reactive ketones (excluding diaryl/α,β-unsaturated/α-hetero) is 1. The molecule has 2 aromatic rings. The van der Waals surface area contributed by atoms with Gasteiger partial charge >= 0.3 is 12.2 Å². The number of nitrogens with zero attached hydrogens (tertiary/aromatic N) is 4. The minimum atomic E-state index is -4.78. The first-order valence-electron chi connectivity index (χ1n) is 9.79. The molecule has 0 radical (unpaired) electrons. The molecule has 0 aromatic carbocycles. The molecule has 2 bridgehead atoms. The average Bonchev–Trinajstić information content (AvgIpc) is 3.15. The fourth-order valence-corrected chi connectivity index (χ4v) is 3.79. The van der Waals surface area contributed by atoms with E-state index in [4.69, 9.17) is 5.11 Å². The zero-order valence-electron chi connectivity index (χ0n) is 16.3. The number of hydrogen-bond acceptors (Lipinski definition) is 6. The van der Waals surface area contributed by atoms with E-state index >= 15 is 0 Å². The predicted molar refractivity (Wildman–Crippen MR) is 106 cm³/mol. The normalized spacial score (nSPS) is 18.5. The third-order valence-electron chi connectivity index (χ3n) is 5.38. The van der Waals surface area contributed by atoms with Crippen molar-refractivity contribution in [1.29, 1.82) is 0 Å². The number of nitrogens with one attached hydrogen (secondary N) is 1. The largest absolute Gasteiger partial charge is 0.414 e. The molecule has 2 aromatic heterocycles. The van der Waals surface area contributed by atoms with Gasteiger partial charge in [-0.15, -0.1) is 0 Å². The van der Waals surface area contributed by atoms with Crippen LogP contribution in [0.15, 0.2) is 36.5 Å². The van der Waals surface area contributed by atoms with Gasteiger partial charge in [0, 0.05) is 25.7 Å². The summed E-state index contributed by atoms with van der Waals surface area (Å²) in [6, 6.07) is 7.58. The zero-order chi connectivity index (χ0) is 22.2. The standard InChI is InChI=1S/C20H20F3N5O3/c21-20(22,23)16(30)7-6-15(29)13-4-5-14-18(25-13)28(12-8-10-27(14)11-12)19(31)26-17-3-1-2-9-24-17/h1-5,9,12,16,30H,6-8,10-11H2,(H,24,26,31)/t12-,16+/m0/s1. The van der Waals surface area contributed by atoms with Crippen LogP contribution in [0.4, 0.5) is 35.3 Å². The molecule has 2 amide bonds. The molecule has 0 saturated carbocycles. The van der Waals surface area contributed by atoms with Crippen LogP contribution < -0.4 is 15.1 Å². The molecular weight excluding hydrogens is 415 g/mol. The number of ketones is 1. The number of aliphatic hydroxyl groups is 1. The van der Waals surface area contributed by atoms with Crippen molar-refractivity contribution in [3.05, 3.63) is 42.2 Å². The molecular formula is C20H20F3N5O3. The van der Waals surface area contributed by atoms with Crippen LogP contribution in [-0.4, -0.2) is 58.3 Å². The number of carbonyl (C=O) groups excluding carboxylic acids is 2. The van der Waals surface area contributed by atoms with Crippen molar-refractivity contribution in [1.82, 2.24) is 9.97 Å². The Morgan fingerprint density at radius 1 is 1.26 bits per heavy atom. The van der Waals surface area contributed by atoms with E-state index in [9.17, 15) is 22.8 Å². The van der Waals surface area contributed by atoms with Crippen LogP contribution in [-0.2, 0) is 0 Å². The Bertz CT molecular complexity index is 986. The quantitative estimate of drug-likeness (QED) is 0.701. The van der Waals surface area contributed by atoms with Crippen molar-refractivity contribution in [2.24, 2.45) is 0 Å². The predicted octanol–water partition coefficient (Wildman–Crippen LogP) is 2.99. The van der Waals surface area contributed by atoms with Crippen LogP contribution in [0.2, 0.25) is 0 Å². The van der Waals surface area contributed by atoms with E-state index in [2.05, 4.69) is 20.2 Å². The van der Waals surface area contributed by atoms with E-state index < -0.39 is 36.9 Å². The molecule has 31 heavy (non-hydrogen) atoms. The van der Waals surface area contributed by atoms with Gasteiger partial charge in [-0.1, -0.05) is 6.07 Å². The van der Waals surface area contributed by atoms with Gasteiger partial charge in [0.25, 0.3) is 0 Å². The molecule has 0 spiro atoms. The number of urea groups is 1. The van der Waals surface area contributed by atoms with Gasteiger partial charge in [-0.2, -0.15) is 13.2 Å². The maximum absolute atomic E-state index is 13.0. The number of anilines is 3. The number of alkyl halides is 3. The third-order valence-corrected chi connectivity index (χ3v) is 5.38. The van der Waals surface area contributed by atoms with Gasteiger partial charge in [0.1, 0.15) is 17.6 Å². The summed E-state index contributed by atoms with van der Waals surface area (Å²) >= 11 is 0. The van der Waals surface area contributed by atoms with Crippen LogP contribution in [0.3, 0.4) is 0 Å². The maximum Gasteiger partial charge on any atom is 0.414 e. The SMILES string of the molecule is O=C(CC[C@@H](O)C(F)(F)F)c1ccc2c(n1)N(C(=O)Nc1ccccn1)[C@H]1CCN2C1. The van der Waals surface area contributed by atoms with Gasteiger partial charge in [0.05, 0.1) is 11.7 Å². The first-order chi connectivity index (χ1) is 14.7. The third kappa shape index (κ3) is 4.31. The molecule has 164 valence electrons. The number of aromatic nitrogens is 2. The highest BCUT2D eigenvalue weighted by atomic mass is 19.4. The van der Waals surface area contributed by atoms with Crippen LogP contribution >= 0.6 is 0 Å². The number of rotatable bonds is 5. The van der Waals surface area contributed by atoms with Gasteiger partial charge in [-0.05, 0) is 37.1 Å². The van der Waals surface area contributed by atoms with E-state index in [1.54, 1.807) is 30.5 Å². The minimum absolute atomic E-state index is 0.0498. The molecule has 4 rings (SSSR count).